The van der Waals surface area contributed by atoms with Crippen molar-refractivity contribution < 1.29 is 9.59 Å². The molecule has 2 N–H and O–H groups in total. The average Bonchev–Trinajstić information content (AvgIpc) is 2.70. The molecule has 0 radical (unpaired) electrons. The van der Waals surface area contributed by atoms with Crippen LogP contribution in [0.25, 0.3) is 0 Å². The Kier molecular flexibility index (Phi) is 6.02. The van der Waals surface area contributed by atoms with E-state index >= 15 is 0 Å². The summed E-state index contributed by atoms with van der Waals surface area (Å²) in [4.78, 5) is 24.2. The normalized spacial score (nSPS) is 10.7. The lowest BCUT2D eigenvalue weighted by Gasteiger charge is -2.16. The molecular weight excluding hydrogens is 364 g/mol. The van der Waals surface area contributed by atoms with Gasteiger partial charge in [-0.15, -0.1) is 10.2 Å². The Morgan fingerprint density at radius 3 is 2.38 bits per heavy atom. The number of carbonyl (C=O) groups is 2. The number of aromatic nitrogens is 2. The molecule has 0 aliphatic heterocycles. The molecule has 0 spiro atoms. The Morgan fingerprint density at radius 2 is 1.72 bits per heavy atom. The van der Waals surface area contributed by atoms with Crippen molar-refractivity contribution in [1.82, 2.24) is 10.2 Å². The predicted octanol–water partition coefficient (Wildman–Crippen LogP) is 5.11. The number of ketones is 1. The minimum absolute atomic E-state index is 0.0104. The fourth-order valence-electron chi connectivity index (χ4n) is 3.00. The van der Waals surface area contributed by atoms with Gasteiger partial charge in [-0.05, 0) is 55.2 Å². The molecule has 3 aromatic rings. The number of hydrogen-bond acceptors (Lipinski definition) is 5. The summed E-state index contributed by atoms with van der Waals surface area (Å²) in [5, 5.41) is 14.2. The number of benzene rings is 2. The van der Waals surface area contributed by atoms with E-state index in [-0.39, 0.29) is 23.3 Å². The van der Waals surface area contributed by atoms with Crippen LogP contribution in [-0.2, 0) is 0 Å². The van der Waals surface area contributed by atoms with Crippen molar-refractivity contribution in [3.63, 3.8) is 0 Å². The van der Waals surface area contributed by atoms with Gasteiger partial charge in [-0.3, -0.25) is 9.59 Å². The van der Waals surface area contributed by atoms with Crippen LogP contribution in [0.3, 0.4) is 0 Å². The van der Waals surface area contributed by atoms with Crippen molar-refractivity contribution in [2.24, 2.45) is 0 Å². The molecule has 0 saturated carbocycles. The first-order valence-corrected chi connectivity index (χ1v) is 9.47. The van der Waals surface area contributed by atoms with E-state index in [9.17, 15) is 9.59 Å². The molecule has 148 valence electrons. The second-order valence-corrected chi connectivity index (χ2v) is 7.21. The molecule has 0 bridgehead atoms. The number of nitrogens with one attached hydrogen (secondary N) is 2. The fourth-order valence-corrected chi connectivity index (χ4v) is 3.00. The molecule has 6 nitrogen and oxygen atoms in total. The van der Waals surface area contributed by atoms with E-state index in [2.05, 4.69) is 34.7 Å². The Labute approximate surface area is 170 Å². The molecule has 1 aromatic heterocycles. The summed E-state index contributed by atoms with van der Waals surface area (Å²) in [6.45, 7) is 7.67. The maximum Gasteiger partial charge on any atom is 0.276 e. The molecule has 0 atom stereocenters. The van der Waals surface area contributed by atoms with Crippen LogP contribution in [0.15, 0.2) is 54.6 Å². The van der Waals surface area contributed by atoms with Gasteiger partial charge in [0.1, 0.15) is 0 Å². The molecule has 1 amide bonds. The van der Waals surface area contributed by atoms with Crippen molar-refractivity contribution in [3.05, 3.63) is 77.0 Å². The zero-order valence-corrected chi connectivity index (χ0v) is 17.0. The predicted molar refractivity (Wildman–Crippen MR) is 115 cm³/mol. The Morgan fingerprint density at radius 1 is 0.966 bits per heavy atom. The highest BCUT2D eigenvalue weighted by Crippen LogP contribution is 2.27. The number of rotatable bonds is 6. The Hall–Kier alpha value is -3.54. The van der Waals surface area contributed by atoms with Crippen LogP contribution in [0.4, 0.5) is 17.2 Å². The Balaban J connectivity index is 1.75. The van der Waals surface area contributed by atoms with Crippen molar-refractivity contribution >= 4 is 28.9 Å². The second-order valence-electron chi connectivity index (χ2n) is 7.21. The summed E-state index contributed by atoms with van der Waals surface area (Å²) in [5.74, 6) is 0.456. The monoisotopic (exact) mass is 388 g/mol. The first kappa shape index (κ1) is 20.2. The highest BCUT2D eigenvalue weighted by Gasteiger charge is 2.15. The minimum atomic E-state index is -0.307. The standard InChI is InChI=1S/C23H24N4O2/c1-14(2)19-10-5-7-15(3)22(19)25-23(29)20-11-12-21(27-26-20)24-18-9-6-8-17(13-18)16(4)28/h5-14H,1-4H3,(H,24,27)(H,25,29). The van der Waals surface area contributed by atoms with Gasteiger partial charge in [0, 0.05) is 16.9 Å². The quantitative estimate of drug-likeness (QED) is 0.574. The van der Waals surface area contributed by atoms with Gasteiger partial charge in [-0.25, -0.2) is 0 Å². The van der Waals surface area contributed by atoms with Gasteiger partial charge in [0.15, 0.2) is 17.3 Å². The van der Waals surface area contributed by atoms with Gasteiger partial charge < -0.3 is 10.6 Å². The zero-order valence-electron chi connectivity index (χ0n) is 17.0. The van der Waals surface area contributed by atoms with Crippen molar-refractivity contribution in [2.75, 3.05) is 10.6 Å². The number of Topliss-reactive ketones (excluding diaryl/α,β-unsaturated/α-hetero) is 1. The topological polar surface area (TPSA) is 84.0 Å². The fraction of sp³-hybridized carbons (Fsp3) is 0.217. The minimum Gasteiger partial charge on any atom is -0.339 e. The van der Waals surface area contributed by atoms with E-state index in [1.54, 1.807) is 30.3 Å². The summed E-state index contributed by atoms with van der Waals surface area (Å²) < 4.78 is 0. The third-order valence-electron chi connectivity index (χ3n) is 4.60. The first-order chi connectivity index (χ1) is 13.8. The first-order valence-electron chi connectivity index (χ1n) is 9.47. The van der Waals surface area contributed by atoms with Crippen LogP contribution in [-0.4, -0.2) is 21.9 Å². The molecule has 1 heterocycles. The summed E-state index contributed by atoms with van der Waals surface area (Å²) in [6, 6.07) is 16.4. The highest BCUT2D eigenvalue weighted by atomic mass is 16.2. The molecule has 29 heavy (non-hydrogen) atoms. The molecule has 2 aromatic carbocycles. The third kappa shape index (κ3) is 4.85. The molecule has 0 unspecified atom stereocenters. The SMILES string of the molecule is CC(=O)c1cccc(Nc2ccc(C(=O)Nc3c(C)cccc3C(C)C)nn2)c1. The summed E-state index contributed by atoms with van der Waals surface area (Å²) in [6.07, 6.45) is 0. The number of aryl methyl sites for hydroxylation is 1. The highest BCUT2D eigenvalue weighted by molar-refractivity contribution is 6.03. The van der Waals surface area contributed by atoms with E-state index in [0.717, 1.165) is 22.5 Å². The van der Waals surface area contributed by atoms with E-state index in [1.165, 1.54) is 6.92 Å². The van der Waals surface area contributed by atoms with Crippen molar-refractivity contribution in [1.29, 1.82) is 0 Å². The van der Waals surface area contributed by atoms with E-state index in [1.807, 2.05) is 31.2 Å². The van der Waals surface area contributed by atoms with Crippen molar-refractivity contribution in [3.8, 4) is 0 Å². The van der Waals surface area contributed by atoms with Crippen LogP contribution >= 0.6 is 0 Å². The number of para-hydroxylation sites is 1. The summed E-state index contributed by atoms with van der Waals surface area (Å²) in [5.41, 5.74) is 4.46. The molecule has 0 saturated heterocycles. The average molecular weight is 388 g/mol. The van der Waals surface area contributed by atoms with Crippen LogP contribution in [0.2, 0.25) is 0 Å². The lowest BCUT2D eigenvalue weighted by Crippen LogP contribution is -2.17. The van der Waals surface area contributed by atoms with Crippen molar-refractivity contribution in [2.45, 2.75) is 33.6 Å². The number of anilines is 3. The maximum absolute atomic E-state index is 12.7. The van der Waals surface area contributed by atoms with E-state index in [4.69, 9.17) is 0 Å². The zero-order chi connectivity index (χ0) is 21.0. The molecule has 3 rings (SSSR count). The summed E-state index contributed by atoms with van der Waals surface area (Å²) >= 11 is 0. The van der Waals surface area contributed by atoms with Gasteiger partial charge in [0.05, 0.1) is 0 Å². The third-order valence-corrected chi connectivity index (χ3v) is 4.60. The van der Waals surface area contributed by atoms with Crippen LogP contribution < -0.4 is 10.6 Å². The number of hydrogen-bond donors (Lipinski definition) is 2. The second kappa shape index (κ2) is 8.65. The van der Waals surface area contributed by atoms with E-state index in [0.29, 0.717) is 11.4 Å². The number of carbonyl (C=O) groups excluding carboxylic acids is 2. The van der Waals surface area contributed by atoms with Crippen LogP contribution in [0.1, 0.15) is 58.7 Å². The smallest absolute Gasteiger partial charge is 0.276 e. The van der Waals surface area contributed by atoms with Crippen LogP contribution in [0, 0.1) is 6.92 Å². The molecule has 6 heteroatoms. The number of nitrogens with zero attached hydrogens (tertiary/aromatic N) is 2. The summed E-state index contributed by atoms with van der Waals surface area (Å²) in [7, 11) is 0. The van der Waals surface area contributed by atoms with Gasteiger partial charge in [-0.2, -0.15) is 0 Å². The van der Waals surface area contributed by atoms with Gasteiger partial charge in [0.25, 0.3) is 5.91 Å². The maximum atomic E-state index is 12.7. The molecule has 0 fully saturated rings. The lowest BCUT2D eigenvalue weighted by atomic mass is 9.98. The largest absolute Gasteiger partial charge is 0.339 e. The van der Waals surface area contributed by atoms with Gasteiger partial charge in [0.2, 0.25) is 0 Å². The number of amides is 1. The molecular formula is C23H24N4O2. The molecule has 0 aliphatic carbocycles. The molecule has 0 aliphatic rings. The van der Waals surface area contributed by atoms with Crippen LogP contribution in [0.5, 0.6) is 0 Å². The lowest BCUT2D eigenvalue weighted by molar-refractivity contribution is 0.101. The Bertz CT molecular complexity index is 1040. The van der Waals surface area contributed by atoms with Gasteiger partial charge in [-0.1, -0.05) is 44.2 Å². The van der Waals surface area contributed by atoms with Gasteiger partial charge >= 0.3 is 0 Å². The van der Waals surface area contributed by atoms with E-state index < -0.39 is 0 Å².